The molecule has 2 aliphatic rings. The molecule has 2 atom stereocenters. The van der Waals surface area contributed by atoms with Gasteiger partial charge in [-0.1, -0.05) is 19.1 Å². The number of nitrogens with zero attached hydrogens (tertiary/aromatic N) is 1. The van der Waals surface area contributed by atoms with Crippen LogP contribution < -0.4 is 4.74 Å². The molecule has 4 heteroatoms. The molecular weight excluding hydrogens is 245 g/mol. The van der Waals surface area contributed by atoms with Gasteiger partial charge in [0.25, 0.3) is 0 Å². The van der Waals surface area contributed by atoms with Gasteiger partial charge >= 0.3 is 0 Å². The average molecular weight is 265 g/mol. The minimum Gasteiger partial charge on any atom is -0.487 e. The lowest BCUT2D eigenvalue weighted by atomic mass is 9.92. The number of aliphatic hydroxyl groups excluding tert-OH is 1. The van der Waals surface area contributed by atoms with E-state index in [1.54, 1.807) is 6.07 Å². The number of hydrogen-bond donors (Lipinski definition) is 1. The number of halogens is 1. The van der Waals surface area contributed by atoms with E-state index in [-0.39, 0.29) is 18.5 Å². The van der Waals surface area contributed by atoms with Gasteiger partial charge in [-0.05, 0) is 37.9 Å². The van der Waals surface area contributed by atoms with Gasteiger partial charge in [-0.2, -0.15) is 0 Å². The van der Waals surface area contributed by atoms with Crippen molar-refractivity contribution in [2.75, 3.05) is 19.7 Å². The first-order valence-electron chi connectivity index (χ1n) is 7.00. The lowest BCUT2D eigenvalue weighted by Crippen LogP contribution is -2.45. The van der Waals surface area contributed by atoms with E-state index in [9.17, 15) is 9.50 Å². The van der Waals surface area contributed by atoms with Crippen LogP contribution in [0.1, 0.15) is 31.4 Å². The van der Waals surface area contributed by atoms with Crippen molar-refractivity contribution in [3.05, 3.63) is 29.6 Å². The van der Waals surface area contributed by atoms with Crippen molar-refractivity contribution in [2.45, 2.75) is 31.9 Å². The molecule has 0 radical (unpaired) electrons. The number of likely N-dealkylation sites (tertiary alicyclic amines) is 1. The minimum atomic E-state index is -0.581. The first-order chi connectivity index (χ1) is 9.16. The van der Waals surface area contributed by atoms with Gasteiger partial charge in [0.15, 0.2) is 11.6 Å². The summed E-state index contributed by atoms with van der Waals surface area (Å²) >= 11 is 0. The summed E-state index contributed by atoms with van der Waals surface area (Å²) in [6.07, 6.45) is 1.69. The van der Waals surface area contributed by atoms with Gasteiger partial charge in [0.05, 0.1) is 6.04 Å². The zero-order chi connectivity index (χ0) is 13.4. The number of fused-ring (bicyclic) bond motifs is 1. The molecular formula is C15H20FNO2. The van der Waals surface area contributed by atoms with Crippen LogP contribution in [0, 0.1) is 11.7 Å². The molecule has 19 heavy (non-hydrogen) atoms. The zero-order valence-electron chi connectivity index (χ0n) is 11.2. The van der Waals surface area contributed by atoms with E-state index in [2.05, 4.69) is 11.8 Å². The van der Waals surface area contributed by atoms with Gasteiger partial charge in [-0.15, -0.1) is 0 Å². The van der Waals surface area contributed by atoms with Crippen LogP contribution >= 0.6 is 0 Å². The summed E-state index contributed by atoms with van der Waals surface area (Å²) in [7, 11) is 0. The Morgan fingerprint density at radius 1 is 1.32 bits per heavy atom. The molecule has 1 fully saturated rings. The summed E-state index contributed by atoms with van der Waals surface area (Å²) in [5.41, 5.74) is 0.785. The van der Waals surface area contributed by atoms with E-state index in [1.165, 1.54) is 6.07 Å². The Hall–Kier alpha value is -1.13. The third kappa shape index (κ3) is 2.35. The molecule has 0 bridgehead atoms. The van der Waals surface area contributed by atoms with Crippen molar-refractivity contribution in [2.24, 2.45) is 5.92 Å². The van der Waals surface area contributed by atoms with Crippen molar-refractivity contribution in [3.63, 3.8) is 0 Å². The lowest BCUT2D eigenvalue weighted by Gasteiger charge is -2.41. The second-order valence-electron chi connectivity index (χ2n) is 5.70. The molecule has 0 aliphatic carbocycles. The highest BCUT2D eigenvalue weighted by molar-refractivity contribution is 5.39. The van der Waals surface area contributed by atoms with Gasteiger partial charge in [-0.3, -0.25) is 4.90 Å². The zero-order valence-corrected chi connectivity index (χ0v) is 11.2. The van der Waals surface area contributed by atoms with Gasteiger partial charge in [0.2, 0.25) is 0 Å². The van der Waals surface area contributed by atoms with Gasteiger partial charge in [0.1, 0.15) is 12.7 Å². The summed E-state index contributed by atoms with van der Waals surface area (Å²) in [5.74, 6) is 0.719. The molecule has 2 heterocycles. The van der Waals surface area contributed by atoms with E-state index in [4.69, 9.17) is 4.74 Å². The Kier molecular flexibility index (Phi) is 3.46. The standard InChI is InChI=1S/C15H20FNO2/c1-10-5-7-17(8-6-10)14-11-3-2-4-12(16)15(11)19-9-13(14)18/h2-4,10,13-14,18H,5-9H2,1H3. The average Bonchev–Trinajstić information content (AvgIpc) is 2.40. The van der Waals surface area contributed by atoms with Crippen molar-refractivity contribution in [1.82, 2.24) is 4.90 Å². The van der Waals surface area contributed by atoms with Crippen LogP contribution in [0.15, 0.2) is 18.2 Å². The van der Waals surface area contributed by atoms with Crippen molar-refractivity contribution in [3.8, 4) is 5.75 Å². The summed E-state index contributed by atoms with van der Waals surface area (Å²) in [4.78, 5) is 2.27. The molecule has 0 saturated carbocycles. The van der Waals surface area contributed by atoms with Crippen molar-refractivity contribution >= 4 is 0 Å². The van der Waals surface area contributed by atoms with Crippen molar-refractivity contribution < 1.29 is 14.2 Å². The van der Waals surface area contributed by atoms with Crippen LogP contribution in [0.3, 0.4) is 0 Å². The predicted octanol–water partition coefficient (Wildman–Crippen LogP) is 2.35. The normalized spacial score (nSPS) is 28.8. The molecule has 1 N–H and O–H groups in total. The SMILES string of the molecule is CC1CCN(C2c3cccc(F)c3OCC2O)CC1. The number of aliphatic hydroxyl groups is 1. The first kappa shape index (κ1) is 12.9. The molecule has 1 aromatic carbocycles. The van der Waals surface area contributed by atoms with Crippen LogP contribution in [0.4, 0.5) is 4.39 Å². The Bertz CT molecular complexity index is 457. The smallest absolute Gasteiger partial charge is 0.165 e. The molecule has 2 unspecified atom stereocenters. The Morgan fingerprint density at radius 2 is 2.05 bits per heavy atom. The van der Waals surface area contributed by atoms with Crippen LogP contribution in [-0.2, 0) is 0 Å². The second kappa shape index (κ2) is 5.10. The summed E-state index contributed by atoms with van der Waals surface area (Å²) < 4.78 is 19.1. The van der Waals surface area contributed by atoms with Crippen molar-refractivity contribution in [1.29, 1.82) is 0 Å². The predicted molar refractivity (Wildman–Crippen MR) is 70.6 cm³/mol. The highest BCUT2D eigenvalue weighted by Gasteiger charge is 2.36. The molecule has 0 amide bonds. The van der Waals surface area contributed by atoms with Gasteiger partial charge in [-0.25, -0.2) is 4.39 Å². The Morgan fingerprint density at radius 3 is 2.79 bits per heavy atom. The minimum absolute atomic E-state index is 0.132. The van der Waals surface area contributed by atoms with Gasteiger partial charge < -0.3 is 9.84 Å². The Labute approximate surface area is 113 Å². The van der Waals surface area contributed by atoms with Crippen LogP contribution in [0.5, 0.6) is 5.75 Å². The van der Waals surface area contributed by atoms with Gasteiger partial charge in [0, 0.05) is 5.56 Å². The number of hydrogen-bond acceptors (Lipinski definition) is 3. The fourth-order valence-corrected chi connectivity index (χ4v) is 3.12. The lowest BCUT2D eigenvalue weighted by molar-refractivity contribution is -0.0128. The number of para-hydroxylation sites is 1. The molecule has 104 valence electrons. The molecule has 2 aliphatic heterocycles. The largest absolute Gasteiger partial charge is 0.487 e. The topological polar surface area (TPSA) is 32.7 Å². The van der Waals surface area contributed by atoms with E-state index < -0.39 is 6.10 Å². The van der Waals surface area contributed by atoms with Crippen LogP contribution in [0.2, 0.25) is 0 Å². The summed E-state index contributed by atoms with van der Waals surface area (Å²) in [6, 6.07) is 4.83. The van der Waals surface area contributed by atoms with E-state index in [0.717, 1.165) is 37.4 Å². The highest BCUT2D eigenvalue weighted by Crippen LogP contribution is 2.39. The fraction of sp³-hybridized carbons (Fsp3) is 0.600. The highest BCUT2D eigenvalue weighted by atomic mass is 19.1. The second-order valence-corrected chi connectivity index (χ2v) is 5.70. The monoisotopic (exact) mass is 265 g/mol. The summed E-state index contributed by atoms with van der Waals surface area (Å²) in [5, 5.41) is 10.2. The maximum absolute atomic E-state index is 13.8. The Balaban J connectivity index is 1.91. The molecule has 3 rings (SSSR count). The quantitative estimate of drug-likeness (QED) is 0.846. The third-order valence-electron chi connectivity index (χ3n) is 4.29. The maximum Gasteiger partial charge on any atom is 0.165 e. The van der Waals surface area contributed by atoms with Crippen LogP contribution in [0.25, 0.3) is 0 Å². The number of piperidine rings is 1. The number of rotatable bonds is 1. The fourth-order valence-electron chi connectivity index (χ4n) is 3.12. The van der Waals surface area contributed by atoms with E-state index in [1.807, 2.05) is 6.07 Å². The maximum atomic E-state index is 13.8. The number of ether oxygens (including phenoxy) is 1. The first-order valence-corrected chi connectivity index (χ1v) is 7.00. The third-order valence-corrected chi connectivity index (χ3v) is 4.29. The van der Waals surface area contributed by atoms with E-state index >= 15 is 0 Å². The van der Waals surface area contributed by atoms with Crippen LogP contribution in [-0.4, -0.2) is 35.8 Å². The molecule has 0 spiro atoms. The number of benzene rings is 1. The summed E-state index contributed by atoms with van der Waals surface area (Å²) in [6.45, 7) is 4.34. The molecule has 3 nitrogen and oxygen atoms in total. The van der Waals surface area contributed by atoms with E-state index in [0.29, 0.717) is 5.75 Å². The molecule has 1 saturated heterocycles. The molecule has 0 aromatic heterocycles. The molecule has 1 aromatic rings.